The number of amides is 1. The van der Waals surface area contributed by atoms with Gasteiger partial charge in [0.15, 0.2) is 0 Å². The van der Waals surface area contributed by atoms with Gasteiger partial charge in [-0.1, -0.05) is 0 Å². The molecule has 2 saturated heterocycles. The quantitative estimate of drug-likeness (QED) is 0.755. The van der Waals surface area contributed by atoms with Crippen molar-refractivity contribution < 1.29 is 22.0 Å². The largest absolute Gasteiger partial charge is 0.354 e. The molecule has 1 aromatic rings. The second kappa shape index (κ2) is 9.27. The first-order valence-corrected chi connectivity index (χ1v) is 10.3. The molecule has 0 radical (unpaired) electrons. The second-order valence-corrected chi connectivity index (χ2v) is 8.75. The lowest BCUT2D eigenvalue weighted by molar-refractivity contribution is -0.123. The summed E-state index contributed by atoms with van der Waals surface area (Å²) >= 11 is 0. The van der Waals surface area contributed by atoms with Crippen molar-refractivity contribution in [2.45, 2.75) is 36.6 Å². The number of nitrogens with zero attached hydrogens (tertiary/aromatic N) is 1. The first kappa shape index (κ1) is 22.0. The predicted octanol–water partition coefficient (Wildman–Crippen LogP) is 1.66. The summed E-state index contributed by atoms with van der Waals surface area (Å²) in [6.07, 6.45) is 3.15. The first-order chi connectivity index (χ1) is 12.4. The van der Waals surface area contributed by atoms with Crippen molar-refractivity contribution in [2.24, 2.45) is 5.92 Å². The van der Waals surface area contributed by atoms with Crippen LogP contribution in [0.4, 0.5) is 8.78 Å². The normalized spacial score (nSPS) is 23.6. The van der Waals surface area contributed by atoms with Gasteiger partial charge in [0, 0.05) is 19.6 Å². The van der Waals surface area contributed by atoms with E-state index in [0.29, 0.717) is 19.0 Å². The fraction of sp³-hybridized carbons (Fsp3) is 0.588. The lowest BCUT2D eigenvalue weighted by atomic mass is 9.99. The van der Waals surface area contributed by atoms with Crippen molar-refractivity contribution in [3.05, 3.63) is 29.8 Å². The van der Waals surface area contributed by atoms with E-state index in [-0.39, 0.29) is 43.4 Å². The van der Waals surface area contributed by atoms with E-state index in [1.807, 2.05) is 0 Å². The molecule has 0 spiro atoms. The smallest absolute Gasteiger partial charge is 0.246 e. The number of carbonyl (C=O) groups excluding carboxylic acids is 1. The van der Waals surface area contributed by atoms with E-state index in [0.717, 1.165) is 37.9 Å². The highest BCUT2D eigenvalue weighted by molar-refractivity contribution is 7.89. The SMILES string of the molecule is Cl.O=C(NCC1CCCN(S(=O)(=O)c2cc(F)ccc2F)C1)C1CCCN1. The number of nitrogens with one attached hydrogen (secondary N) is 2. The summed E-state index contributed by atoms with van der Waals surface area (Å²) in [4.78, 5) is 11.4. The van der Waals surface area contributed by atoms with Crippen LogP contribution in [0.25, 0.3) is 0 Å². The van der Waals surface area contributed by atoms with Crippen molar-refractivity contribution in [1.29, 1.82) is 0 Å². The molecule has 2 aliphatic rings. The predicted molar refractivity (Wildman–Crippen MR) is 99.1 cm³/mol. The van der Waals surface area contributed by atoms with Gasteiger partial charge in [0.25, 0.3) is 0 Å². The zero-order chi connectivity index (χ0) is 18.7. The van der Waals surface area contributed by atoms with Crippen LogP contribution in [0.3, 0.4) is 0 Å². The van der Waals surface area contributed by atoms with E-state index in [1.165, 1.54) is 4.31 Å². The van der Waals surface area contributed by atoms with E-state index in [9.17, 15) is 22.0 Å². The number of hydrogen-bond acceptors (Lipinski definition) is 4. The molecule has 2 aliphatic heterocycles. The molecule has 2 atom stereocenters. The highest BCUT2D eigenvalue weighted by Gasteiger charge is 2.33. The Balaban J connectivity index is 0.00000261. The molecule has 0 aromatic heterocycles. The molecule has 0 bridgehead atoms. The molecular formula is C17H24ClF2N3O3S. The van der Waals surface area contributed by atoms with E-state index in [4.69, 9.17) is 0 Å². The van der Waals surface area contributed by atoms with Crippen molar-refractivity contribution in [3.8, 4) is 0 Å². The van der Waals surface area contributed by atoms with Gasteiger partial charge in [-0.25, -0.2) is 17.2 Å². The number of benzene rings is 1. The average molecular weight is 424 g/mol. The van der Waals surface area contributed by atoms with Gasteiger partial charge in [-0.15, -0.1) is 12.4 Å². The van der Waals surface area contributed by atoms with Crippen LogP contribution < -0.4 is 10.6 Å². The molecule has 152 valence electrons. The molecule has 2 unspecified atom stereocenters. The van der Waals surface area contributed by atoms with Crippen molar-refractivity contribution >= 4 is 28.3 Å². The molecule has 1 aromatic carbocycles. The summed E-state index contributed by atoms with van der Waals surface area (Å²) < 4.78 is 53.8. The average Bonchev–Trinajstić information content (AvgIpc) is 3.16. The van der Waals surface area contributed by atoms with E-state index < -0.39 is 26.6 Å². The summed E-state index contributed by atoms with van der Waals surface area (Å²) in [6.45, 7) is 1.63. The molecule has 10 heteroatoms. The third kappa shape index (κ3) is 5.16. The minimum absolute atomic E-state index is 0. The Kier molecular flexibility index (Phi) is 7.55. The van der Waals surface area contributed by atoms with Gasteiger partial charge in [-0.05, 0) is 56.3 Å². The third-order valence-corrected chi connectivity index (χ3v) is 6.81. The van der Waals surface area contributed by atoms with Gasteiger partial charge in [0.1, 0.15) is 16.5 Å². The van der Waals surface area contributed by atoms with E-state index in [1.54, 1.807) is 0 Å². The van der Waals surface area contributed by atoms with Crippen LogP contribution in [0.1, 0.15) is 25.7 Å². The summed E-state index contributed by atoms with van der Waals surface area (Å²) in [7, 11) is -4.11. The third-order valence-electron chi connectivity index (χ3n) is 4.93. The number of piperidine rings is 1. The Bertz CT molecular complexity index is 773. The zero-order valence-electron chi connectivity index (χ0n) is 14.8. The Hall–Kier alpha value is -1.29. The topological polar surface area (TPSA) is 78.5 Å². The number of halogens is 3. The maximum Gasteiger partial charge on any atom is 0.246 e. The Morgan fingerprint density at radius 2 is 2.04 bits per heavy atom. The zero-order valence-corrected chi connectivity index (χ0v) is 16.4. The summed E-state index contributed by atoms with van der Waals surface area (Å²) in [5.41, 5.74) is 0. The van der Waals surface area contributed by atoms with Crippen LogP contribution in [-0.4, -0.2) is 50.9 Å². The molecule has 0 saturated carbocycles. The molecule has 1 amide bonds. The highest BCUT2D eigenvalue weighted by Crippen LogP contribution is 2.25. The Labute approximate surface area is 164 Å². The molecular weight excluding hydrogens is 400 g/mol. The van der Waals surface area contributed by atoms with Gasteiger partial charge in [-0.2, -0.15) is 4.31 Å². The lowest BCUT2D eigenvalue weighted by Crippen LogP contribution is -2.46. The van der Waals surface area contributed by atoms with Crippen molar-refractivity contribution in [2.75, 3.05) is 26.2 Å². The van der Waals surface area contributed by atoms with Crippen LogP contribution in [-0.2, 0) is 14.8 Å². The number of sulfonamides is 1. The highest BCUT2D eigenvalue weighted by atomic mass is 35.5. The van der Waals surface area contributed by atoms with Gasteiger partial charge in [-0.3, -0.25) is 4.79 Å². The van der Waals surface area contributed by atoms with Crippen LogP contribution in [0.5, 0.6) is 0 Å². The number of carbonyl (C=O) groups is 1. The van der Waals surface area contributed by atoms with Gasteiger partial charge >= 0.3 is 0 Å². The molecule has 6 nitrogen and oxygen atoms in total. The second-order valence-electron chi connectivity index (χ2n) is 6.84. The van der Waals surface area contributed by atoms with Crippen LogP contribution in [0.2, 0.25) is 0 Å². The molecule has 0 aliphatic carbocycles. The fourth-order valence-corrected chi connectivity index (χ4v) is 5.13. The Morgan fingerprint density at radius 3 is 2.74 bits per heavy atom. The Morgan fingerprint density at radius 1 is 1.26 bits per heavy atom. The van der Waals surface area contributed by atoms with Gasteiger partial charge in [0.2, 0.25) is 15.9 Å². The monoisotopic (exact) mass is 423 g/mol. The molecule has 2 heterocycles. The summed E-state index contributed by atoms with van der Waals surface area (Å²) in [5, 5.41) is 5.98. The molecule has 2 fully saturated rings. The molecule has 2 N–H and O–H groups in total. The maximum atomic E-state index is 13.9. The molecule has 27 heavy (non-hydrogen) atoms. The number of rotatable bonds is 5. The number of hydrogen-bond donors (Lipinski definition) is 2. The van der Waals surface area contributed by atoms with Crippen LogP contribution >= 0.6 is 12.4 Å². The summed E-state index contributed by atoms with van der Waals surface area (Å²) in [6, 6.07) is 2.24. The maximum absolute atomic E-state index is 13.9. The first-order valence-electron chi connectivity index (χ1n) is 8.84. The van der Waals surface area contributed by atoms with E-state index in [2.05, 4.69) is 10.6 Å². The van der Waals surface area contributed by atoms with Crippen LogP contribution in [0, 0.1) is 17.6 Å². The summed E-state index contributed by atoms with van der Waals surface area (Å²) in [5.74, 6) is -1.89. The minimum Gasteiger partial charge on any atom is -0.354 e. The fourth-order valence-electron chi connectivity index (χ4n) is 3.50. The standard InChI is InChI=1S/C17H23F2N3O3S.ClH/c18-13-5-6-14(19)16(9-13)26(24,25)22-8-2-3-12(11-22)10-21-17(23)15-4-1-7-20-15;/h5-6,9,12,15,20H,1-4,7-8,10-11H2,(H,21,23);1H. The minimum atomic E-state index is -4.11. The van der Waals surface area contributed by atoms with Crippen molar-refractivity contribution in [1.82, 2.24) is 14.9 Å². The van der Waals surface area contributed by atoms with E-state index >= 15 is 0 Å². The lowest BCUT2D eigenvalue weighted by Gasteiger charge is -2.32. The van der Waals surface area contributed by atoms with Crippen molar-refractivity contribution in [3.63, 3.8) is 0 Å². The van der Waals surface area contributed by atoms with Crippen LogP contribution in [0.15, 0.2) is 23.1 Å². The van der Waals surface area contributed by atoms with Gasteiger partial charge < -0.3 is 10.6 Å². The van der Waals surface area contributed by atoms with Gasteiger partial charge in [0.05, 0.1) is 6.04 Å². The molecule has 3 rings (SSSR count).